The first kappa shape index (κ1) is 24.0. The average molecular weight is 452 g/mol. The molecule has 0 saturated carbocycles. The van der Waals surface area contributed by atoms with Crippen molar-refractivity contribution in [3.63, 3.8) is 0 Å². The maximum Gasteiger partial charge on any atom is 0.251 e. The molecule has 0 radical (unpaired) electrons. The van der Waals surface area contributed by atoms with Gasteiger partial charge in [0.1, 0.15) is 6.04 Å². The smallest absolute Gasteiger partial charge is 0.251 e. The van der Waals surface area contributed by atoms with Crippen LogP contribution in [0, 0.1) is 5.92 Å². The second-order valence-corrected chi connectivity index (χ2v) is 10.1. The Morgan fingerprint density at radius 1 is 1.10 bits per heavy atom. The molecule has 0 fully saturated rings. The zero-order chi connectivity index (χ0) is 22.3. The third-order valence-electron chi connectivity index (χ3n) is 4.69. The molecule has 2 N–H and O–H groups in total. The summed E-state index contributed by atoms with van der Waals surface area (Å²) >= 11 is 1.54. The van der Waals surface area contributed by atoms with Gasteiger partial charge >= 0.3 is 0 Å². The van der Waals surface area contributed by atoms with Crippen LogP contribution in [0.25, 0.3) is 0 Å². The van der Waals surface area contributed by atoms with Crippen LogP contribution in [0.2, 0.25) is 0 Å². The van der Waals surface area contributed by atoms with Crippen molar-refractivity contribution in [2.24, 2.45) is 5.92 Å². The van der Waals surface area contributed by atoms with Gasteiger partial charge in [0.2, 0.25) is 15.9 Å². The molecule has 1 atom stereocenters. The van der Waals surface area contributed by atoms with Crippen molar-refractivity contribution in [3.8, 4) is 0 Å². The average Bonchev–Trinajstić information content (AvgIpc) is 3.24. The van der Waals surface area contributed by atoms with E-state index in [2.05, 4.69) is 10.6 Å². The van der Waals surface area contributed by atoms with Crippen LogP contribution in [0.1, 0.15) is 42.9 Å². The SMILES string of the molecule is CCN(CC)S(=O)(=O)c1cccc(C(=O)N[C@H](C(=O)NCc2cccs2)C(C)C)c1. The van der Waals surface area contributed by atoms with Gasteiger partial charge in [-0.05, 0) is 35.6 Å². The molecule has 0 saturated heterocycles. The Balaban J connectivity index is 2.15. The number of nitrogens with one attached hydrogen (secondary N) is 2. The minimum Gasteiger partial charge on any atom is -0.349 e. The van der Waals surface area contributed by atoms with Crippen LogP contribution in [0.5, 0.6) is 0 Å². The largest absolute Gasteiger partial charge is 0.349 e. The monoisotopic (exact) mass is 451 g/mol. The highest BCUT2D eigenvalue weighted by atomic mass is 32.2. The molecule has 2 aromatic rings. The summed E-state index contributed by atoms with van der Waals surface area (Å²) in [6.45, 7) is 8.30. The van der Waals surface area contributed by atoms with E-state index in [1.807, 2.05) is 31.4 Å². The summed E-state index contributed by atoms with van der Waals surface area (Å²) in [4.78, 5) is 26.5. The summed E-state index contributed by atoms with van der Waals surface area (Å²) in [6, 6.07) is 9.00. The number of carbonyl (C=O) groups is 2. The first-order chi connectivity index (χ1) is 14.2. The van der Waals surface area contributed by atoms with Crippen molar-refractivity contribution in [3.05, 3.63) is 52.2 Å². The fourth-order valence-corrected chi connectivity index (χ4v) is 5.12. The van der Waals surface area contributed by atoms with Crippen molar-refractivity contribution < 1.29 is 18.0 Å². The van der Waals surface area contributed by atoms with E-state index in [1.54, 1.807) is 25.2 Å². The van der Waals surface area contributed by atoms with E-state index in [9.17, 15) is 18.0 Å². The first-order valence-corrected chi connectivity index (χ1v) is 12.2. The van der Waals surface area contributed by atoms with Gasteiger partial charge in [0.05, 0.1) is 11.4 Å². The number of hydrogen-bond donors (Lipinski definition) is 2. The number of carbonyl (C=O) groups excluding carboxylic acids is 2. The molecule has 7 nitrogen and oxygen atoms in total. The normalized spacial score (nSPS) is 12.7. The maximum absolute atomic E-state index is 12.8. The van der Waals surface area contributed by atoms with Gasteiger partial charge in [-0.15, -0.1) is 11.3 Å². The van der Waals surface area contributed by atoms with E-state index in [0.29, 0.717) is 19.6 Å². The predicted molar refractivity (Wildman–Crippen MR) is 119 cm³/mol. The Kier molecular flexibility index (Phi) is 8.57. The maximum atomic E-state index is 12.8. The molecule has 0 bridgehead atoms. The number of sulfonamides is 1. The fraction of sp³-hybridized carbons (Fsp3) is 0.429. The van der Waals surface area contributed by atoms with Crippen LogP contribution in [0.4, 0.5) is 0 Å². The van der Waals surface area contributed by atoms with E-state index in [-0.39, 0.29) is 22.3 Å². The number of rotatable bonds is 10. The molecule has 2 rings (SSSR count). The minimum absolute atomic E-state index is 0.0575. The molecule has 0 unspecified atom stereocenters. The van der Waals surface area contributed by atoms with Crippen LogP contribution in [0.15, 0.2) is 46.7 Å². The molecule has 30 heavy (non-hydrogen) atoms. The van der Waals surface area contributed by atoms with Crippen LogP contribution in [0.3, 0.4) is 0 Å². The minimum atomic E-state index is -3.68. The lowest BCUT2D eigenvalue weighted by molar-refractivity contribution is -0.124. The molecule has 1 aromatic heterocycles. The number of hydrogen-bond acceptors (Lipinski definition) is 5. The molecule has 0 aliphatic heterocycles. The predicted octanol–water partition coefficient (Wildman–Crippen LogP) is 2.85. The lowest BCUT2D eigenvalue weighted by Crippen LogP contribution is -2.49. The van der Waals surface area contributed by atoms with Gasteiger partial charge in [0.25, 0.3) is 5.91 Å². The Morgan fingerprint density at radius 3 is 2.37 bits per heavy atom. The van der Waals surface area contributed by atoms with Gasteiger partial charge in [-0.25, -0.2) is 8.42 Å². The van der Waals surface area contributed by atoms with Crippen molar-refractivity contribution >= 4 is 33.2 Å². The van der Waals surface area contributed by atoms with Crippen molar-refractivity contribution in [2.75, 3.05) is 13.1 Å². The van der Waals surface area contributed by atoms with Gasteiger partial charge in [-0.2, -0.15) is 4.31 Å². The summed E-state index contributed by atoms with van der Waals surface area (Å²) in [6.07, 6.45) is 0. The van der Waals surface area contributed by atoms with Crippen LogP contribution < -0.4 is 10.6 Å². The summed E-state index contributed by atoms with van der Waals surface area (Å²) < 4.78 is 26.8. The molecule has 1 heterocycles. The fourth-order valence-electron chi connectivity index (χ4n) is 2.97. The molecule has 1 aromatic carbocycles. The topological polar surface area (TPSA) is 95.6 Å². The quantitative estimate of drug-likeness (QED) is 0.581. The molecule has 0 spiro atoms. The number of nitrogens with zero attached hydrogens (tertiary/aromatic N) is 1. The van der Waals surface area contributed by atoms with Gasteiger partial charge in [0.15, 0.2) is 0 Å². The van der Waals surface area contributed by atoms with Crippen molar-refractivity contribution in [2.45, 2.75) is 45.2 Å². The Labute approximate surface area is 182 Å². The number of amides is 2. The summed E-state index contributed by atoms with van der Waals surface area (Å²) in [7, 11) is -3.68. The highest BCUT2D eigenvalue weighted by Gasteiger charge is 2.26. The van der Waals surface area contributed by atoms with Crippen LogP contribution in [-0.4, -0.2) is 43.7 Å². The molecule has 0 aliphatic carbocycles. The number of thiophene rings is 1. The van der Waals surface area contributed by atoms with E-state index in [0.717, 1.165) is 4.88 Å². The second kappa shape index (κ2) is 10.7. The van der Waals surface area contributed by atoms with E-state index in [1.165, 1.54) is 28.6 Å². The Bertz CT molecular complexity index is 952. The third-order valence-corrected chi connectivity index (χ3v) is 7.61. The standard InChI is InChI=1S/C21H29N3O4S2/c1-5-24(6-2)30(27,28)18-11-7-9-16(13-18)20(25)23-19(15(3)4)21(26)22-14-17-10-8-12-29-17/h7-13,15,19H,5-6,14H2,1-4H3,(H,22,26)(H,23,25)/t19-/m0/s1. The van der Waals surface area contributed by atoms with Crippen molar-refractivity contribution in [1.82, 2.24) is 14.9 Å². The second-order valence-electron chi connectivity index (χ2n) is 7.11. The molecular formula is C21H29N3O4S2. The highest BCUT2D eigenvalue weighted by molar-refractivity contribution is 7.89. The molecule has 9 heteroatoms. The Hall–Kier alpha value is -2.23. The summed E-state index contributed by atoms with van der Waals surface area (Å²) in [5, 5.41) is 7.52. The zero-order valence-corrected chi connectivity index (χ0v) is 19.3. The zero-order valence-electron chi connectivity index (χ0n) is 17.7. The van der Waals surface area contributed by atoms with Crippen LogP contribution in [-0.2, 0) is 21.4 Å². The van der Waals surface area contributed by atoms with E-state index in [4.69, 9.17) is 0 Å². The first-order valence-electron chi connectivity index (χ1n) is 9.91. The van der Waals surface area contributed by atoms with Crippen molar-refractivity contribution in [1.29, 1.82) is 0 Å². The van der Waals surface area contributed by atoms with Gasteiger partial charge in [-0.1, -0.05) is 39.8 Å². The van der Waals surface area contributed by atoms with Gasteiger partial charge in [0, 0.05) is 23.5 Å². The highest BCUT2D eigenvalue weighted by Crippen LogP contribution is 2.17. The van der Waals surface area contributed by atoms with E-state index < -0.39 is 22.0 Å². The lowest BCUT2D eigenvalue weighted by atomic mass is 10.0. The third kappa shape index (κ3) is 5.90. The van der Waals surface area contributed by atoms with E-state index >= 15 is 0 Å². The summed E-state index contributed by atoms with van der Waals surface area (Å²) in [5.41, 5.74) is 0.194. The molecule has 2 amide bonds. The molecule has 0 aliphatic rings. The summed E-state index contributed by atoms with van der Waals surface area (Å²) in [5.74, 6) is -0.907. The van der Waals surface area contributed by atoms with Gasteiger partial charge < -0.3 is 10.6 Å². The lowest BCUT2D eigenvalue weighted by Gasteiger charge is -2.22. The molecular weight excluding hydrogens is 422 g/mol. The van der Waals surface area contributed by atoms with Crippen LogP contribution >= 0.6 is 11.3 Å². The molecule has 164 valence electrons. The Morgan fingerprint density at radius 2 is 1.80 bits per heavy atom. The number of benzene rings is 1. The van der Waals surface area contributed by atoms with Gasteiger partial charge in [-0.3, -0.25) is 9.59 Å².